The third-order valence-electron chi connectivity index (χ3n) is 3.57. The van der Waals surface area contributed by atoms with Crippen LogP contribution in [0, 0.1) is 5.82 Å². The zero-order chi connectivity index (χ0) is 14.5. The highest BCUT2D eigenvalue weighted by Crippen LogP contribution is 2.27. The number of pyridine rings is 1. The molecular formula is C13H19FN4OS. The molecule has 1 fully saturated rings. The van der Waals surface area contributed by atoms with Crippen LogP contribution >= 0.6 is 11.8 Å². The number of halogens is 1. The lowest BCUT2D eigenvalue weighted by Crippen LogP contribution is -2.39. The van der Waals surface area contributed by atoms with Gasteiger partial charge in [0.2, 0.25) is 0 Å². The van der Waals surface area contributed by atoms with Gasteiger partial charge in [-0.25, -0.2) is 15.2 Å². The Hall–Kier alpha value is -1.34. The van der Waals surface area contributed by atoms with E-state index in [0.29, 0.717) is 5.25 Å². The molecule has 20 heavy (non-hydrogen) atoms. The van der Waals surface area contributed by atoms with E-state index in [1.54, 1.807) is 0 Å². The third kappa shape index (κ3) is 3.40. The van der Waals surface area contributed by atoms with Crippen molar-refractivity contribution in [3.8, 4) is 0 Å². The molecule has 1 amide bonds. The first-order valence-electron chi connectivity index (χ1n) is 6.60. The van der Waals surface area contributed by atoms with E-state index in [-0.39, 0.29) is 17.4 Å². The van der Waals surface area contributed by atoms with Gasteiger partial charge in [0.05, 0.1) is 5.56 Å². The van der Waals surface area contributed by atoms with Crippen LogP contribution < -0.4 is 16.6 Å². The van der Waals surface area contributed by atoms with Crippen molar-refractivity contribution in [3.63, 3.8) is 0 Å². The number of amides is 1. The molecule has 110 valence electrons. The standard InChI is InChI=1S/C13H19FN4OS/c1-20-9-4-2-3-8(7-9)17-13(19)10-5-6-16-12(18-15)11(10)14/h5-6,8-9H,2-4,7,15H2,1H3,(H,16,18)(H,17,19). The van der Waals surface area contributed by atoms with E-state index >= 15 is 0 Å². The predicted octanol–water partition coefficient (Wildman–Crippen LogP) is 1.91. The van der Waals surface area contributed by atoms with Crippen LogP contribution in [-0.4, -0.2) is 28.4 Å². The van der Waals surface area contributed by atoms with Gasteiger partial charge in [-0.15, -0.1) is 0 Å². The molecule has 0 bridgehead atoms. The fraction of sp³-hybridized carbons (Fsp3) is 0.538. The summed E-state index contributed by atoms with van der Waals surface area (Å²) in [6, 6.07) is 1.47. The Morgan fingerprint density at radius 1 is 1.55 bits per heavy atom. The zero-order valence-electron chi connectivity index (χ0n) is 11.4. The van der Waals surface area contributed by atoms with Gasteiger partial charge in [-0.05, 0) is 31.6 Å². The van der Waals surface area contributed by atoms with Gasteiger partial charge < -0.3 is 10.7 Å². The summed E-state index contributed by atoms with van der Waals surface area (Å²) in [7, 11) is 0. The normalized spacial score (nSPS) is 22.4. The number of hydrogen-bond donors (Lipinski definition) is 3. The maximum absolute atomic E-state index is 14.0. The molecule has 1 saturated carbocycles. The molecule has 0 spiro atoms. The molecule has 2 rings (SSSR count). The van der Waals surface area contributed by atoms with Crippen molar-refractivity contribution >= 4 is 23.5 Å². The molecule has 0 aliphatic heterocycles. The second-order valence-corrected chi connectivity index (χ2v) is 6.00. The first-order chi connectivity index (χ1) is 9.65. The maximum Gasteiger partial charge on any atom is 0.254 e. The van der Waals surface area contributed by atoms with Crippen molar-refractivity contribution in [1.82, 2.24) is 10.3 Å². The van der Waals surface area contributed by atoms with Gasteiger partial charge in [0.1, 0.15) is 0 Å². The van der Waals surface area contributed by atoms with E-state index in [9.17, 15) is 9.18 Å². The molecule has 4 N–H and O–H groups in total. The number of nitrogens with two attached hydrogens (primary N) is 1. The van der Waals surface area contributed by atoms with Gasteiger partial charge in [0.15, 0.2) is 11.6 Å². The molecule has 1 aliphatic rings. The van der Waals surface area contributed by atoms with Gasteiger partial charge in [-0.2, -0.15) is 11.8 Å². The van der Waals surface area contributed by atoms with Gasteiger partial charge in [0.25, 0.3) is 5.91 Å². The van der Waals surface area contributed by atoms with Gasteiger partial charge in [0, 0.05) is 17.5 Å². The summed E-state index contributed by atoms with van der Waals surface area (Å²) in [5, 5.41) is 3.47. The molecule has 0 aromatic carbocycles. The van der Waals surface area contributed by atoms with Gasteiger partial charge in [-0.1, -0.05) is 6.42 Å². The van der Waals surface area contributed by atoms with Crippen molar-refractivity contribution < 1.29 is 9.18 Å². The number of hydrazine groups is 1. The summed E-state index contributed by atoms with van der Waals surface area (Å²) in [6.45, 7) is 0. The second-order valence-electron chi connectivity index (χ2n) is 4.86. The van der Waals surface area contributed by atoms with Crippen LogP contribution in [0.5, 0.6) is 0 Å². The number of carbonyl (C=O) groups is 1. The fourth-order valence-corrected chi connectivity index (χ4v) is 3.30. The van der Waals surface area contributed by atoms with Crippen LogP contribution in [0.3, 0.4) is 0 Å². The van der Waals surface area contributed by atoms with Crippen LogP contribution in [-0.2, 0) is 0 Å². The number of nitrogens with one attached hydrogen (secondary N) is 2. The molecule has 1 aliphatic carbocycles. The van der Waals surface area contributed by atoms with Crippen LogP contribution in [0.25, 0.3) is 0 Å². The van der Waals surface area contributed by atoms with Crippen molar-refractivity contribution in [1.29, 1.82) is 0 Å². The van der Waals surface area contributed by atoms with E-state index in [1.165, 1.54) is 18.7 Å². The summed E-state index contributed by atoms with van der Waals surface area (Å²) >= 11 is 1.82. The van der Waals surface area contributed by atoms with Crippen LogP contribution in [0.15, 0.2) is 12.3 Å². The Morgan fingerprint density at radius 2 is 2.35 bits per heavy atom. The quantitative estimate of drug-likeness (QED) is 0.584. The van der Waals surface area contributed by atoms with Crippen molar-refractivity contribution in [3.05, 3.63) is 23.6 Å². The summed E-state index contributed by atoms with van der Waals surface area (Å²) in [5.41, 5.74) is 2.11. The molecule has 1 aromatic heterocycles. The zero-order valence-corrected chi connectivity index (χ0v) is 12.2. The largest absolute Gasteiger partial charge is 0.349 e. The number of anilines is 1. The maximum atomic E-state index is 14.0. The highest BCUT2D eigenvalue weighted by molar-refractivity contribution is 7.99. The summed E-state index contributed by atoms with van der Waals surface area (Å²) in [5.74, 6) is 3.90. The Kier molecular flexibility index (Phi) is 5.19. The van der Waals surface area contributed by atoms with Crippen molar-refractivity contribution in [2.45, 2.75) is 37.0 Å². The molecule has 2 unspecified atom stereocenters. The number of carbonyl (C=O) groups excluding carboxylic acids is 1. The second kappa shape index (κ2) is 6.90. The Balaban J connectivity index is 2.05. The summed E-state index contributed by atoms with van der Waals surface area (Å²) in [6.07, 6.45) is 7.58. The molecule has 1 heterocycles. The molecule has 5 nitrogen and oxygen atoms in total. The molecule has 0 radical (unpaired) electrons. The van der Waals surface area contributed by atoms with Crippen LogP contribution in [0.2, 0.25) is 0 Å². The molecule has 1 aromatic rings. The Morgan fingerprint density at radius 3 is 3.05 bits per heavy atom. The smallest absolute Gasteiger partial charge is 0.254 e. The minimum Gasteiger partial charge on any atom is -0.349 e. The van der Waals surface area contributed by atoms with E-state index < -0.39 is 11.7 Å². The van der Waals surface area contributed by atoms with Gasteiger partial charge in [-0.3, -0.25) is 4.79 Å². The lowest BCUT2D eigenvalue weighted by Gasteiger charge is -2.28. The number of rotatable bonds is 4. The topological polar surface area (TPSA) is 80.0 Å². The summed E-state index contributed by atoms with van der Waals surface area (Å²) < 4.78 is 14.0. The lowest BCUT2D eigenvalue weighted by molar-refractivity contribution is 0.0924. The van der Waals surface area contributed by atoms with Gasteiger partial charge >= 0.3 is 0 Å². The monoisotopic (exact) mass is 298 g/mol. The lowest BCUT2D eigenvalue weighted by atomic mass is 9.94. The minimum absolute atomic E-state index is 0.0285. The van der Waals surface area contributed by atoms with E-state index in [2.05, 4.69) is 22.0 Å². The average Bonchev–Trinajstić information content (AvgIpc) is 2.47. The number of aromatic nitrogens is 1. The van der Waals surface area contributed by atoms with E-state index in [1.807, 2.05) is 11.8 Å². The predicted molar refractivity (Wildman–Crippen MR) is 79.0 cm³/mol. The average molecular weight is 298 g/mol. The Bertz CT molecular complexity index is 485. The van der Waals surface area contributed by atoms with Crippen molar-refractivity contribution in [2.75, 3.05) is 11.7 Å². The number of nitrogen functional groups attached to an aromatic ring is 1. The highest BCUT2D eigenvalue weighted by Gasteiger charge is 2.24. The number of nitrogens with zero attached hydrogens (tertiary/aromatic N) is 1. The molecule has 2 atom stereocenters. The first kappa shape index (κ1) is 15.1. The number of thioether (sulfide) groups is 1. The van der Waals surface area contributed by atoms with Crippen molar-refractivity contribution in [2.24, 2.45) is 5.84 Å². The SMILES string of the molecule is CSC1CCCC(NC(=O)c2ccnc(NN)c2F)C1. The fourth-order valence-electron chi connectivity index (χ4n) is 2.47. The molecule has 7 heteroatoms. The third-order valence-corrected chi connectivity index (χ3v) is 4.66. The Labute approximate surface area is 121 Å². The molecular weight excluding hydrogens is 279 g/mol. The van der Waals surface area contributed by atoms with Crippen LogP contribution in [0.4, 0.5) is 10.2 Å². The first-order valence-corrected chi connectivity index (χ1v) is 7.89. The number of hydrogen-bond acceptors (Lipinski definition) is 5. The van der Waals surface area contributed by atoms with E-state index in [4.69, 9.17) is 5.84 Å². The summed E-state index contributed by atoms with van der Waals surface area (Å²) in [4.78, 5) is 15.9. The van der Waals surface area contributed by atoms with Crippen LogP contribution in [0.1, 0.15) is 36.0 Å². The highest BCUT2D eigenvalue weighted by atomic mass is 32.2. The minimum atomic E-state index is -0.718. The van der Waals surface area contributed by atoms with E-state index in [0.717, 1.165) is 19.3 Å². The molecule has 0 saturated heterocycles.